The van der Waals surface area contributed by atoms with E-state index in [0.29, 0.717) is 30.4 Å². The predicted molar refractivity (Wildman–Crippen MR) is 147 cm³/mol. The maximum Gasteiger partial charge on any atom is 0.255 e. The Morgan fingerprint density at radius 2 is 1.47 bits per heavy atom. The van der Waals surface area contributed by atoms with Crippen molar-refractivity contribution in [2.45, 2.75) is 0 Å². The molecule has 0 aliphatic carbocycles. The third kappa shape index (κ3) is 6.32. The fourth-order valence-electron chi connectivity index (χ4n) is 3.60. The van der Waals surface area contributed by atoms with Gasteiger partial charge in [-0.2, -0.15) is 0 Å². The number of nitrogens with one attached hydrogen (secondary N) is 2. The molecule has 3 aromatic carbocycles. The molecular weight excluding hydrogens is 491 g/mol. The van der Waals surface area contributed by atoms with E-state index < -0.39 is 0 Å². The SMILES string of the molecule is Cl.O=C(Nc1ccc(Nc2ccnc3ccccc23)cc1)c1ccc(N(CCCl)CCCl)cc1. The number of hydrogen-bond acceptors (Lipinski definition) is 4. The van der Waals surface area contributed by atoms with Crippen molar-refractivity contribution in [3.8, 4) is 0 Å². The number of amides is 1. The molecule has 8 heteroatoms. The summed E-state index contributed by atoms with van der Waals surface area (Å²) in [4.78, 5) is 19.2. The van der Waals surface area contributed by atoms with Crippen molar-refractivity contribution in [2.24, 2.45) is 0 Å². The van der Waals surface area contributed by atoms with E-state index in [1.807, 2.05) is 78.9 Å². The summed E-state index contributed by atoms with van der Waals surface area (Å²) in [5, 5.41) is 7.42. The normalized spacial score (nSPS) is 10.4. The van der Waals surface area contributed by atoms with Gasteiger partial charge in [-0.15, -0.1) is 35.6 Å². The number of fused-ring (bicyclic) bond motifs is 1. The van der Waals surface area contributed by atoms with Gasteiger partial charge in [-0.05, 0) is 60.7 Å². The Bertz CT molecular complexity index is 1210. The highest BCUT2D eigenvalue weighted by Gasteiger charge is 2.10. The minimum Gasteiger partial charge on any atom is -0.369 e. The number of hydrogen-bond donors (Lipinski definition) is 2. The van der Waals surface area contributed by atoms with Crippen LogP contribution in [-0.4, -0.2) is 35.7 Å². The van der Waals surface area contributed by atoms with Gasteiger partial charge in [0.25, 0.3) is 5.91 Å². The van der Waals surface area contributed by atoms with E-state index in [-0.39, 0.29) is 18.3 Å². The van der Waals surface area contributed by atoms with Gasteiger partial charge < -0.3 is 15.5 Å². The fraction of sp³-hybridized carbons (Fsp3) is 0.154. The minimum atomic E-state index is -0.163. The number of nitrogens with zero attached hydrogens (tertiary/aromatic N) is 2. The third-order valence-electron chi connectivity index (χ3n) is 5.27. The average Bonchev–Trinajstić information content (AvgIpc) is 2.85. The van der Waals surface area contributed by atoms with Crippen LogP contribution in [0.3, 0.4) is 0 Å². The zero-order valence-electron chi connectivity index (χ0n) is 18.4. The van der Waals surface area contributed by atoms with Crippen molar-refractivity contribution in [1.82, 2.24) is 4.98 Å². The van der Waals surface area contributed by atoms with Gasteiger partial charge in [-0.3, -0.25) is 9.78 Å². The smallest absolute Gasteiger partial charge is 0.255 e. The summed E-state index contributed by atoms with van der Waals surface area (Å²) >= 11 is 11.8. The number of benzene rings is 3. The highest BCUT2D eigenvalue weighted by Crippen LogP contribution is 2.26. The Kier molecular flexibility index (Phi) is 9.40. The Morgan fingerprint density at radius 1 is 0.824 bits per heavy atom. The molecule has 4 rings (SSSR count). The number of aromatic nitrogens is 1. The van der Waals surface area contributed by atoms with Crippen molar-refractivity contribution < 1.29 is 4.79 Å². The highest BCUT2D eigenvalue weighted by atomic mass is 35.5. The number of carbonyl (C=O) groups is 1. The second kappa shape index (κ2) is 12.5. The average molecular weight is 516 g/mol. The summed E-state index contributed by atoms with van der Waals surface area (Å²) < 4.78 is 0. The van der Waals surface area contributed by atoms with E-state index in [2.05, 4.69) is 20.5 Å². The van der Waals surface area contributed by atoms with Gasteiger partial charge in [0, 0.05) is 64.7 Å². The predicted octanol–water partition coefficient (Wildman–Crippen LogP) is 6.94. The summed E-state index contributed by atoms with van der Waals surface area (Å²) in [6.45, 7) is 1.41. The van der Waals surface area contributed by atoms with E-state index in [1.54, 1.807) is 6.20 Å². The molecule has 176 valence electrons. The molecule has 0 unspecified atom stereocenters. The lowest BCUT2D eigenvalue weighted by molar-refractivity contribution is 0.102. The molecule has 1 amide bonds. The van der Waals surface area contributed by atoms with Crippen LogP contribution in [-0.2, 0) is 0 Å². The van der Waals surface area contributed by atoms with Crippen molar-refractivity contribution in [2.75, 3.05) is 40.4 Å². The molecule has 0 fully saturated rings. The topological polar surface area (TPSA) is 57.3 Å². The van der Waals surface area contributed by atoms with Crippen molar-refractivity contribution in [3.05, 3.63) is 90.6 Å². The second-order valence-corrected chi connectivity index (χ2v) is 8.20. The Balaban J connectivity index is 0.00000324. The highest BCUT2D eigenvalue weighted by molar-refractivity contribution is 6.18. The first-order valence-electron chi connectivity index (χ1n) is 10.7. The molecule has 0 aliphatic heterocycles. The van der Waals surface area contributed by atoms with E-state index in [9.17, 15) is 4.79 Å². The van der Waals surface area contributed by atoms with Crippen LogP contribution in [0.2, 0.25) is 0 Å². The van der Waals surface area contributed by atoms with Crippen LogP contribution >= 0.6 is 35.6 Å². The molecule has 0 bridgehead atoms. The molecule has 2 N–H and O–H groups in total. The van der Waals surface area contributed by atoms with Gasteiger partial charge in [0.2, 0.25) is 0 Å². The first kappa shape index (κ1) is 25.6. The Morgan fingerprint density at radius 3 is 2.15 bits per heavy atom. The largest absolute Gasteiger partial charge is 0.369 e. The number of para-hydroxylation sites is 1. The van der Waals surface area contributed by atoms with Gasteiger partial charge in [-0.25, -0.2) is 0 Å². The lowest BCUT2D eigenvalue weighted by Crippen LogP contribution is -2.27. The summed E-state index contributed by atoms with van der Waals surface area (Å²) in [6.07, 6.45) is 1.79. The molecule has 0 saturated heterocycles. The number of carbonyl (C=O) groups excluding carboxylic acids is 1. The second-order valence-electron chi connectivity index (χ2n) is 7.44. The Labute approximate surface area is 215 Å². The molecule has 0 atom stereocenters. The first-order chi connectivity index (χ1) is 16.2. The molecule has 5 nitrogen and oxygen atoms in total. The lowest BCUT2D eigenvalue weighted by Gasteiger charge is -2.22. The van der Waals surface area contributed by atoms with E-state index >= 15 is 0 Å². The maximum absolute atomic E-state index is 12.7. The monoisotopic (exact) mass is 514 g/mol. The van der Waals surface area contributed by atoms with Crippen LogP contribution in [0.5, 0.6) is 0 Å². The number of anilines is 4. The van der Waals surface area contributed by atoms with Gasteiger partial charge in [0.05, 0.1) is 5.52 Å². The number of alkyl halides is 2. The van der Waals surface area contributed by atoms with Gasteiger partial charge >= 0.3 is 0 Å². The Hall–Kier alpha value is -2.99. The molecule has 0 radical (unpaired) electrons. The van der Waals surface area contributed by atoms with Crippen molar-refractivity contribution in [1.29, 1.82) is 0 Å². The van der Waals surface area contributed by atoms with Crippen molar-refractivity contribution in [3.63, 3.8) is 0 Å². The molecular formula is C26H25Cl3N4O. The van der Waals surface area contributed by atoms with Crippen LogP contribution in [0.25, 0.3) is 10.9 Å². The number of rotatable bonds is 9. The van der Waals surface area contributed by atoms with Crippen molar-refractivity contribution >= 4 is 75.2 Å². The zero-order chi connectivity index (χ0) is 23.0. The molecule has 4 aromatic rings. The quantitative estimate of drug-likeness (QED) is 0.237. The molecule has 1 aromatic heterocycles. The molecule has 0 spiro atoms. The van der Waals surface area contributed by atoms with Gasteiger partial charge in [0.1, 0.15) is 0 Å². The minimum absolute atomic E-state index is 0. The van der Waals surface area contributed by atoms with Crippen LogP contribution < -0.4 is 15.5 Å². The number of halogens is 3. The summed E-state index contributed by atoms with van der Waals surface area (Å²) in [6, 6.07) is 25.0. The van der Waals surface area contributed by atoms with Gasteiger partial charge in [0.15, 0.2) is 0 Å². The fourth-order valence-corrected chi connectivity index (χ4v) is 4.01. The molecule has 1 heterocycles. The summed E-state index contributed by atoms with van der Waals surface area (Å²) in [5.41, 5.74) is 5.14. The standard InChI is InChI=1S/C26H24Cl2N4O.ClH/c27-14-17-32(18-15-28)22-11-5-19(6-12-22)26(33)31-21-9-7-20(8-10-21)30-25-13-16-29-24-4-2-1-3-23(24)25;/h1-13,16H,14-15,17-18H2,(H,29,30)(H,31,33);1H. The van der Waals surface area contributed by atoms with Crippen LogP contribution in [0.1, 0.15) is 10.4 Å². The lowest BCUT2D eigenvalue weighted by atomic mass is 10.1. The molecule has 0 aliphatic rings. The van der Waals surface area contributed by atoms with E-state index in [4.69, 9.17) is 23.2 Å². The van der Waals surface area contributed by atoms with E-state index in [1.165, 1.54) is 0 Å². The maximum atomic E-state index is 12.7. The first-order valence-corrected chi connectivity index (χ1v) is 11.7. The van der Waals surface area contributed by atoms with Crippen LogP contribution in [0.15, 0.2) is 85.1 Å². The van der Waals surface area contributed by atoms with Crippen LogP contribution in [0.4, 0.5) is 22.7 Å². The van der Waals surface area contributed by atoms with E-state index in [0.717, 1.165) is 33.7 Å². The summed E-state index contributed by atoms with van der Waals surface area (Å²) in [5.74, 6) is 0.867. The molecule has 0 saturated carbocycles. The van der Waals surface area contributed by atoms with Crippen LogP contribution in [0, 0.1) is 0 Å². The third-order valence-corrected chi connectivity index (χ3v) is 5.61. The summed E-state index contributed by atoms with van der Waals surface area (Å²) in [7, 11) is 0. The van der Waals surface area contributed by atoms with Gasteiger partial charge in [-0.1, -0.05) is 18.2 Å². The zero-order valence-corrected chi connectivity index (χ0v) is 20.7. The molecule has 34 heavy (non-hydrogen) atoms. The number of pyridine rings is 1.